The Labute approximate surface area is 119 Å². The summed E-state index contributed by atoms with van der Waals surface area (Å²) in [4.78, 5) is 4.25. The van der Waals surface area contributed by atoms with Crippen LogP contribution in [0.3, 0.4) is 0 Å². The molecule has 0 N–H and O–H groups in total. The summed E-state index contributed by atoms with van der Waals surface area (Å²) in [5.41, 5.74) is 3.45. The minimum Gasteiger partial charge on any atom is -0.240 e. The van der Waals surface area contributed by atoms with Crippen molar-refractivity contribution in [2.75, 3.05) is 0 Å². The Hall–Kier alpha value is -3.02. The maximum Gasteiger partial charge on any atom is 0.163 e. The molecule has 0 fully saturated rings. The molecule has 4 rings (SSSR count). The van der Waals surface area contributed by atoms with Gasteiger partial charge in [0.05, 0.1) is 11.9 Å². The number of pyridine rings is 1. The predicted octanol–water partition coefficient (Wildman–Crippen LogP) is 2.72. The van der Waals surface area contributed by atoms with Crippen LogP contribution >= 0.6 is 0 Å². The monoisotopic (exact) mass is 279 g/mol. The third-order valence-corrected chi connectivity index (χ3v) is 3.29. The first-order valence-electron chi connectivity index (χ1n) is 6.40. The lowest BCUT2D eigenvalue weighted by atomic mass is 10.1. The lowest BCUT2D eigenvalue weighted by Crippen LogP contribution is -1.93. The number of halogens is 1. The van der Waals surface area contributed by atoms with Gasteiger partial charge in [0.1, 0.15) is 12.1 Å². The highest BCUT2D eigenvalue weighted by molar-refractivity contribution is 5.76. The lowest BCUT2D eigenvalue weighted by molar-refractivity contribution is 0.627. The highest BCUT2D eigenvalue weighted by Crippen LogP contribution is 2.23. The molecule has 5 nitrogen and oxygen atoms in total. The second-order valence-electron chi connectivity index (χ2n) is 4.60. The Bertz CT molecular complexity index is 907. The highest BCUT2D eigenvalue weighted by atomic mass is 19.1. The Kier molecular flexibility index (Phi) is 2.53. The molecule has 1 aromatic carbocycles. The average molecular weight is 279 g/mol. The summed E-state index contributed by atoms with van der Waals surface area (Å²) in [6.45, 7) is 0. The van der Waals surface area contributed by atoms with E-state index in [1.807, 2.05) is 24.5 Å². The standard InChI is InChI=1S/C15H10FN5/c16-12-3-5-13(6-4-12)21-9-11(8-18-21)14-2-1-7-20-15(14)17-10-19-20/h1-10H. The van der Waals surface area contributed by atoms with Crippen LogP contribution < -0.4 is 0 Å². The molecule has 0 aliphatic carbocycles. The van der Waals surface area contributed by atoms with E-state index in [9.17, 15) is 4.39 Å². The van der Waals surface area contributed by atoms with Crippen molar-refractivity contribution in [2.24, 2.45) is 0 Å². The van der Waals surface area contributed by atoms with Gasteiger partial charge < -0.3 is 0 Å². The zero-order valence-electron chi connectivity index (χ0n) is 10.9. The SMILES string of the molecule is Fc1ccc(-n2cc(-c3cccn4ncnc34)cn2)cc1. The summed E-state index contributed by atoms with van der Waals surface area (Å²) in [5, 5.41) is 8.44. The van der Waals surface area contributed by atoms with E-state index in [2.05, 4.69) is 15.2 Å². The number of fused-ring (bicyclic) bond motifs is 1. The number of hydrogen-bond acceptors (Lipinski definition) is 3. The molecule has 0 spiro atoms. The van der Waals surface area contributed by atoms with Crippen molar-refractivity contribution in [3.63, 3.8) is 0 Å². The third kappa shape index (κ3) is 1.97. The molecular weight excluding hydrogens is 269 g/mol. The van der Waals surface area contributed by atoms with Gasteiger partial charge in [-0.05, 0) is 36.4 Å². The molecule has 0 saturated heterocycles. The third-order valence-electron chi connectivity index (χ3n) is 3.29. The quantitative estimate of drug-likeness (QED) is 0.567. The largest absolute Gasteiger partial charge is 0.240 e. The Morgan fingerprint density at radius 1 is 1.00 bits per heavy atom. The van der Waals surface area contributed by atoms with Crippen molar-refractivity contribution in [2.45, 2.75) is 0 Å². The second-order valence-corrected chi connectivity index (χ2v) is 4.60. The van der Waals surface area contributed by atoms with E-state index in [1.54, 1.807) is 27.5 Å². The van der Waals surface area contributed by atoms with Gasteiger partial charge >= 0.3 is 0 Å². The Morgan fingerprint density at radius 3 is 2.71 bits per heavy atom. The van der Waals surface area contributed by atoms with Crippen LogP contribution in [0.4, 0.5) is 4.39 Å². The fourth-order valence-corrected chi connectivity index (χ4v) is 2.27. The highest BCUT2D eigenvalue weighted by Gasteiger charge is 2.08. The lowest BCUT2D eigenvalue weighted by Gasteiger charge is -2.01. The van der Waals surface area contributed by atoms with E-state index < -0.39 is 0 Å². The van der Waals surface area contributed by atoms with Crippen LogP contribution in [0, 0.1) is 5.82 Å². The molecule has 0 radical (unpaired) electrons. The van der Waals surface area contributed by atoms with Crippen LogP contribution in [-0.2, 0) is 0 Å². The van der Waals surface area contributed by atoms with Gasteiger partial charge in [-0.3, -0.25) is 0 Å². The van der Waals surface area contributed by atoms with Gasteiger partial charge in [-0.2, -0.15) is 10.2 Å². The maximum absolute atomic E-state index is 13.0. The van der Waals surface area contributed by atoms with Crippen molar-refractivity contribution in [1.82, 2.24) is 24.4 Å². The summed E-state index contributed by atoms with van der Waals surface area (Å²) < 4.78 is 16.4. The molecule has 102 valence electrons. The first-order chi connectivity index (χ1) is 10.3. The van der Waals surface area contributed by atoms with E-state index in [4.69, 9.17) is 0 Å². The van der Waals surface area contributed by atoms with Crippen LogP contribution in [0.5, 0.6) is 0 Å². The number of rotatable bonds is 2. The molecule has 0 bridgehead atoms. The summed E-state index contributed by atoms with van der Waals surface area (Å²) in [5.74, 6) is -0.264. The molecule has 0 aliphatic heterocycles. The van der Waals surface area contributed by atoms with E-state index in [0.29, 0.717) is 0 Å². The number of aromatic nitrogens is 5. The summed E-state index contributed by atoms with van der Waals surface area (Å²) in [7, 11) is 0. The van der Waals surface area contributed by atoms with Gasteiger partial charge in [0.25, 0.3) is 0 Å². The zero-order chi connectivity index (χ0) is 14.2. The molecule has 0 atom stereocenters. The molecule has 3 aromatic heterocycles. The second kappa shape index (κ2) is 4.52. The Balaban J connectivity index is 1.81. The molecule has 6 heteroatoms. The topological polar surface area (TPSA) is 48.0 Å². The van der Waals surface area contributed by atoms with Gasteiger partial charge in [-0.1, -0.05) is 0 Å². The zero-order valence-corrected chi connectivity index (χ0v) is 10.9. The molecule has 0 amide bonds. The molecule has 3 heterocycles. The van der Waals surface area contributed by atoms with Gasteiger partial charge in [0.2, 0.25) is 0 Å². The average Bonchev–Trinajstić information content (AvgIpc) is 3.16. The van der Waals surface area contributed by atoms with E-state index in [1.165, 1.54) is 18.5 Å². The van der Waals surface area contributed by atoms with Crippen LogP contribution in [0.2, 0.25) is 0 Å². The van der Waals surface area contributed by atoms with Crippen molar-refractivity contribution >= 4 is 5.65 Å². The molecule has 0 aliphatic rings. The summed E-state index contributed by atoms with van der Waals surface area (Å²) in [6.07, 6.45) is 7.00. The molecule has 21 heavy (non-hydrogen) atoms. The first kappa shape index (κ1) is 11.8. The number of benzene rings is 1. The van der Waals surface area contributed by atoms with Gasteiger partial charge in [-0.15, -0.1) is 0 Å². The van der Waals surface area contributed by atoms with Crippen LogP contribution in [0.25, 0.3) is 22.5 Å². The molecule has 4 aromatic rings. The molecule has 0 saturated carbocycles. The maximum atomic E-state index is 13.0. The van der Waals surface area contributed by atoms with E-state index in [0.717, 1.165) is 22.5 Å². The van der Waals surface area contributed by atoms with Crippen molar-refractivity contribution < 1.29 is 4.39 Å². The van der Waals surface area contributed by atoms with Gasteiger partial charge in [-0.25, -0.2) is 18.6 Å². The minimum atomic E-state index is -0.264. The minimum absolute atomic E-state index is 0.264. The number of hydrogen-bond donors (Lipinski definition) is 0. The Morgan fingerprint density at radius 2 is 1.86 bits per heavy atom. The molecule has 0 unspecified atom stereocenters. The smallest absolute Gasteiger partial charge is 0.163 e. The normalized spacial score (nSPS) is 11.1. The fourth-order valence-electron chi connectivity index (χ4n) is 2.27. The van der Waals surface area contributed by atoms with Crippen molar-refractivity contribution in [1.29, 1.82) is 0 Å². The number of nitrogens with zero attached hydrogens (tertiary/aromatic N) is 5. The molecular formula is C15H10FN5. The summed E-state index contributed by atoms with van der Waals surface area (Å²) in [6, 6.07) is 10.1. The van der Waals surface area contributed by atoms with E-state index >= 15 is 0 Å². The van der Waals surface area contributed by atoms with Crippen molar-refractivity contribution in [3.05, 3.63) is 67.1 Å². The first-order valence-corrected chi connectivity index (χ1v) is 6.40. The summed E-state index contributed by atoms with van der Waals surface area (Å²) >= 11 is 0. The van der Waals surface area contributed by atoms with E-state index in [-0.39, 0.29) is 5.82 Å². The van der Waals surface area contributed by atoms with Gasteiger partial charge in [0.15, 0.2) is 5.65 Å². The predicted molar refractivity (Wildman–Crippen MR) is 75.5 cm³/mol. The van der Waals surface area contributed by atoms with Crippen LogP contribution in [-0.4, -0.2) is 24.4 Å². The van der Waals surface area contributed by atoms with Gasteiger partial charge in [0, 0.05) is 23.5 Å². The van der Waals surface area contributed by atoms with Crippen LogP contribution in [0.1, 0.15) is 0 Å². The van der Waals surface area contributed by atoms with Crippen LogP contribution in [0.15, 0.2) is 61.3 Å². The van der Waals surface area contributed by atoms with Crippen molar-refractivity contribution in [3.8, 4) is 16.8 Å². The fraction of sp³-hybridized carbons (Fsp3) is 0.